The van der Waals surface area contributed by atoms with Gasteiger partial charge >= 0.3 is 0 Å². The zero-order valence-corrected chi connectivity index (χ0v) is 7.14. The van der Waals surface area contributed by atoms with Crippen molar-refractivity contribution >= 4 is 0 Å². The molecule has 0 unspecified atom stereocenters. The van der Waals surface area contributed by atoms with Gasteiger partial charge in [0.15, 0.2) is 0 Å². The third-order valence-electron chi connectivity index (χ3n) is 4.13. The first kappa shape index (κ1) is 6.69. The third-order valence-corrected chi connectivity index (χ3v) is 4.13. The van der Waals surface area contributed by atoms with Crippen molar-refractivity contribution in [1.29, 1.82) is 0 Å². The quantitative estimate of drug-likeness (QED) is 0.482. The van der Waals surface area contributed by atoms with Gasteiger partial charge < -0.3 is 0 Å². The fourth-order valence-corrected chi connectivity index (χ4v) is 3.06. The van der Waals surface area contributed by atoms with E-state index in [1.54, 1.807) is 0 Å². The lowest BCUT2D eigenvalue weighted by atomic mass is 9.60. The SMILES string of the molecule is C[C@@H]1C2CCC(CC2)[C@H]1C. The first-order valence-electron chi connectivity index (χ1n) is 4.79. The molecule has 0 radical (unpaired) electrons. The molecule has 0 amide bonds. The van der Waals surface area contributed by atoms with Gasteiger partial charge in [-0.2, -0.15) is 0 Å². The van der Waals surface area contributed by atoms with E-state index in [0.717, 1.165) is 23.7 Å². The largest absolute Gasteiger partial charge is 0.0620 e. The van der Waals surface area contributed by atoms with E-state index in [4.69, 9.17) is 0 Å². The first-order chi connectivity index (χ1) is 4.79. The van der Waals surface area contributed by atoms with Gasteiger partial charge in [0, 0.05) is 0 Å². The Hall–Kier alpha value is 0. The molecule has 0 nitrogen and oxygen atoms in total. The fraction of sp³-hybridized carbons (Fsp3) is 1.00. The van der Waals surface area contributed by atoms with E-state index in [0.29, 0.717) is 0 Å². The molecular formula is C10H18. The Balaban J connectivity index is 2.13. The summed E-state index contributed by atoms with van der Waals surface area (Å²) in [5, 5.41) is 0. The van der Waals surface area contributed by atoms with Crippen molar-refractivity contribution in [3.05, 3.63) is 0 Å². The van der Waals surface area contributed by atoms with E-state index >= 15 is 0 Å². The van der Waals surface area contributed by atoms with Crippen LogP contribution in [0.2, 0.25) is 0 Å². The van der Waals surface area contributed by atoms with E-state index in [1.165, 1.54) is 25.7 Å². The Morgan fingerprint density at radius 3 is 1.20 bits per heavy atom. The summed E-state index contributed by atoms with van der Waals surface area (Å²) < 4.78 is 0. The maximum Gasteiger partial charge on any atom is -0.0386 e. The smallest absolute Gasteiger partial charge is 0.0386 e. The Morgan fingerprint density at radius 2 is 1.00 bits per heavy atom. The molecule has 3 aliphatic rings. The molecule has 0 saturated heterocycles. The van der Waals surface area contributed by atoms with Crippen LogP contribution in [0.1, 0.15) is 39.5 Å². The minimum Gasteiger partial charge on any atom is -0.0620 e. The molecule has 3 rings (SSSR count). The highest BCUT2D eigenvalue weighted by molar-refractivity contribution is 4.88. The van der Waals surface area contributed by atoms with Gasteiger partial charge in [0.1, 0.15) is 0 Å². The minimum atomic E-state index is 1.03. The second kappa shape index (κ2) is 2.25. The first-order valence-corrected chi connectivity index (χ1v) is 4.79. The lowest BCUT2D eigenvalue weighted by Gasteiger charge is -2.46. The van der Waals surface area contributed by atoms with Crippen LogP contribution in [0.5, 0.6) is 0 Å². The van der Waals surface area contributed by atoms with Crippen LogP contribution in [0.25, 0.3) is 0 Å². The highest BCUT2D eigenvalue weighted by Gasteiger charge is 2.38. The van der Waals surface area contributed by atoms with Crippen molar-refractivity contribution in [2.24, 2.45) is 23.7 Å². The summed E-state index contributed by atoms with van der Waals surface area (Å²) in [6.07, 6.45) is 6.15. The van der Waals surface area contributed by atoms with Gasteiger partial charge in [0.25, 0.3) is 0 Å². The van der Waals surface area contributed by atoms with Crippen molar-refractivity contribution < 1.29 is 0 Å². The van der Waals surface area contributed by atoms with E-state index in [2.05, 4.69) is 13.8 Å². The van der Waals surface area contributed by atoms with Crippen LogP contribution in [0, 0.1) is 23.7 Å². The van der Waals surface area contributed by atoms with Crippen molar-refractivity contribution in [3.63, 3.8) is 0 Å². The molecule has 0 aromatic heterocycles. The Kier molecular flexibility index (Phi) is 1.51. The molecule has 0 spiro atoms. The molecule has 0 heterocycles. The lowest BCUT2D eigenvalue weighted by molar-refractivity contribution is 0.0455. The summed E-state index contributed by atoms with van der Waals surface area (Å²) in [5.74, 6) is 4.26. The Morgan fingerprint density at radius 1 is 0.700 bits per heavy atom. The minimum absolute atomic E-state index is 1.03. The van der Waals surface area contributed by atoms with E-state index < -0.39 is 0 Å². The lowest BCUT2D eigenvalue weighted by Crippen LogP contribution is -2.36. The fourth-order valence-electron chi connectivity index (χ4n) is 3.06. The number of rotatable bonds is 0. The highest BCUT2D eigenvalue weighted by atomic mass is 14.4. The predicted molar refractivity (Wildman–Crippen MR) is 43.8 cm³/mol. The highest BCUT2D eigenvalue weighted by Crippen LogP contribution is 2.48. The molecule has 0 aromatic carbocycles. The van der Waals surface area contributed by atoms with Crippen LogP contribution in [0.15, 0.2) is 0 Å². The molecule has 3 fully saturated rings. The van der Waals surface area contributed by atoms with Gasteiger partial charge in [-0.05, 0) is 49.4 Å². The van der Waals surface area contributed by atoms with Crippen molar-refractivity contribution in [2.75, 3.05) is 0 Å². The van der Waals surface area contributed by atoms with Crippen LogP contribution in [-0.2, 0) is 0 Å². The Labute approximate surface area is 64.0 Å². The molecule has 0 aliphatic heterocycles. The van der Waals surface area contributed by atoms with Crippen LogP contribution >= 0.6 is 0 Å². The summed E-state index contributed by atoms with van der Waals surface area (Å²) in [6.45, 7) is 4.92. The second-order valence-corrected chi connectivity index (χ2v) is 4.39. The molecule has 0 heteroatoms. The van der Waals surface area contributed by atoms with E-state index in [9.17, 15) is 0 Å². The molecule has 0 N–H and O–H groups in total. The zero-order valence-electron chi connectivity index (χ0n) is 7.14. The van der Waals surface area contributed by atoms with Gasteiger partial charge in [-0.15, -0.1) is 0 Å². The average Bonchev–Trinajstić information content (AvgIpc) is 2.00. The van der Waals surface area contributed by atoms with Gasteiger partial charge in [-0.3, -0.25) is 0 Å². The standard InChI is InChI=1S/C10H18/c1-7-8(2)10-5-3-9(7)4-6-10/h7-10H,3-6H2,1-2H3/t7-,8-,9?,10?/m0/s1. The van der Waals surface area contributed by atoms with Crippen LogP contribution in [0.3, 0.4) is 0 Å². The molecule has 2 bridgehead atoms. The summed E-state index contributed by atoms with van der Waals surface area (Å²) in [4.78, 5) is 0. The summed E-state index contributed by atoms with van der Waals surface area (Å²) in [7, 11) is 0. The molecular weight excluding hydrogens is 120 g/mol. The number of hydrogen-bond donors (Lipinski definition) is 0. The van der Waals surface area contributed by atoms with Crippen molar-refractivity contribution in [1.82, 2.24) is 0 Å². The number of fused-ring (bicyclic) bond motifs is 3. The molecule has 2 atom stereocenters. The predicted octanol–water partition coefficient (Wildman–Crippen LogP) is 3.08. The van der Waals surface area contributed by atoms with Gasteiger partial charge in [0.05, 0.1) is 0 Å². The van der Waals surface area contributed by atoms with Gasteiger partial charge in [-0.25, -0.2) is 0 Å². The van der Waals surface area contributed by atoms with Crippen LogP contribution in [0.4, 0.5) is 0 Å². The van der Waals surface area contributed by atoms with Crippen LogP contribution in [-0.4, -0.2) is 0 Å². The zero-order chi connectivity index (χ0) is 7.14. The molecule has 58 valence electrons. The van der Waals surface area contributed by atoms with Gasteiger partial charge in [-0.1, -0.05) is 13.8 Å². The maximum atomic E-state index is 2.46. The third kappa shape index (κ3) is 0.810. The molecule has 3 aliphatic carbocycles. The summed E-state index contributed by atoms with van der Waals surface area (Å²) in [6, 6.07) is 0. The van der Waals surface area contributed by atoms with Crippen molar-refractivity contribution in [2.45, 2.75) is 39.5 Å². The summed E-state index contributed by atoms with van der Waals surface area (Å²) in [5.41, 5.74) is 0. The maximum absolute atomic E-state index is 2.46. The topological polar surface area (TPSA) is 0 Å². The molecule has 0 aromatic rings. The monoisotopic (exact) mass is 138 g/mol. The van der Waals surface area contributed by atoms with E-state index in [-0.39, 0.29) is 0 Å². The molecule has 3 saturated carbocycles. The van der Waals surface area contributed by atoms with Crippen molar-refractivity contribution in [3.8, 4) is 0 Å². The van der Waals surface area contributed by atoms with Crippen LogP contribution < -0.4 is 0 Å². The average molecular weight is 138 g/mol. The normalized spacial score (nSPS) is 53.4. The molecule has 10 heavy (non-hydrogen) atoms. The second-order valence-electron chi connectivity index (χ2n) is 4.39. The van der Waals surface area contributed by atoms with E-state index in [1.807, 2.05) is 0 Å². The summed E-state index contributed by atoms with van der Waals surface area (Å²) >= 11 is 0. The number of hydrogen-bond acceptors (Lipinski definition) is 0. The Bertz CT molecular complexity index is 100. The van der Waals surface area contributed by atoms with Gasteiger partial charge in [0.2, 0.25) is 0 Å².